The topological polar surface area (TPSA) is 108 Å². The maximum Gasteiger partial charge on any atom is 0.335 e. The lowest BCUT2D eigenvalue weighted by molar-refractivity contribution is -0.140. The molecule has 7 nitrogen and oxygen atoms in total. The number of carboxylic acids is 1. The van der Waals surface area contributed by atoms with E-state index in [1.54, 1.807) is 13.0 Å². The Bertz CT molecular complexity index is 473. The fourth-order valence-electron chi connectivity index (χ4n) is 1.32. The number of methoxy groups -OCH3 is 3. The van der Waals surface area contributed by atoms with Crippen LogP contribution in [0.2, 0.25) is 0 Å². The molecule has 0 amide bonds. The van der Waals surface area contributed by atoms with E-state index in [0.29, 0.717) is 17.9 Å². The van der Waals surface area contributed by atoms with Crippen molar-refractivity contribution in [3.8, 4) is 11.5 Å². The van der Waals surface area contributed by atoms with Crippen LogP contribution in [0.25, 0.3) is 0 Å². The van der Waals surface area contributed by atoms with Crippen LogP contribution in [-0.2, 0) is 9.53 Å². The average Bonchev–Trinajstić information content (AvgIpc) is 2.46. The molecule has 1 rings (SSSR count). The molecule has 3 N–H and O–H groups in total. The molecule has 21 heavy (non-hydrogen) atoms. The third-order valence-corrected chi connectivity index (χ3v) is 2.35. The number of hydrogen-bond donors (Lipinski definition) is 2. The van der Waals surface area contributed by atoms with E-state index in [0.717, 1.165) is 0 Å². The highest BCUT2D eigenvalue weighted by Crippen LogP contribution is 2.27. The molecule has 0 radical (unpaired) electrons. The van der Waals surface area contributed by atoms with Crippen LogP contribution in [0.1, 0.15) is 23.7 Å². The van der Waals surface area contributed by atoms with Gasteiger partial charge in [-0.25, -0.2) is 4.79 Å². The molecule has 0 fully saturated rings. The first-order valence-corrected chi connectivity index (χ1v) is 6.13. The molecule has 1 unspecified atom stereocenters. The predicted molar refractivity (Wildman–Crippen MR) is 76.8 cm³/mol. The Morgan fingerprint density at radius 1 is 1.19 bits per heavy atom. The minimum absolute atomic E-state index is 0.0950. The zero-order valence-electron chi connectivity index (χ0n) is 12.6. The Morgan fingerprint density at radius 2 is 1.76 bits per heavy atom. The van der Waals surface area contributed by atoms with Crippen LogP contribution in [0.15, 0.2) is 18.2 Å². The molecule has 1 aromatic rings. The smallest absolute Gasteiger partial charge is 0.335 e. The normalized spacial score (nSPS) is 10.7. The minimum Gasteiger partial charge on any atom is -0.493 e. The minimum atomic E-state index is -0.985. The van der Waals surface area contributed by atoms with Crippen molar-refractivity contribution in [3.05, 3.63) is 23.8 Å². The Hall–Kier alpha value is -2.28. The molecule has 1 aromatic carbocycles. The van der Waals surface area contributed by atoms with Gasteiger partial charge in [-0.2, -0.15) is 0 Å². The second-order valence-electron chi connectivity index (χ2n) is 4.13. The molecule has 0 aromatic heterocycles. The third kappa shape index (κ3) is 7.17. The highest BCUT2D eigenvalue weighted by atomic mass is 16.5. The number of rotatable bonds is 5. The number of aromatic carboxylic acids is 1. The first-order chi connectivity index (χ1) is 9.85. The summed E-state index contributed by atoms with van der Waals surface area (Å²) in [4.78, 5) is 20.9. The van der Waals surface area contributed by atoms with Gasteiger partial charge in [0.05, 0.1) is 33.3 Å². The van der Waals surface area contributed by atoms with E-state index >= 15 is 0 Å². The van der Waals surface area contributed by atoms with Gasteiger partial charge >= 0.3 is 11.9 Å². The molecule has 0 saturated heterocycles. The maximum atomic E-state index is 10.6. The van der Waals surface area contributed by atoms with Gasteiger partial charge in [0, 0.05) is 6.04 Å². The van der Waals surface area contributed by atoms with Gasteiger partial charge in [-0.1, -0.05) is 0 Å². The van der Waals surface area contributed by atoms with Gasteiger partial charge in [0.15, 0.2) is 11.5 Å². The number of benzene rings is 1. The summed E-state index contributed by atoms with van der Waals surface area (Å²) in [6.45, 7) is 1.76. The lowest BCUT2D eigenvalue weighted by Gasteiger charge is -2.07. The molecule has 0 aliphatic rings. The van der Waals surface area contributed by atoms with E-state index in [9.17, 15) is 9.59 Å². The largest absolute Gasteiger partial charge is 0.493 e. The average molecular weight is 299 g/mol. The summed E-state index contributed by atoms with van der Waals surface area (Å²) in [5, 5.41) is 8.67. The van der Waals surface area contributed by atoms with Crippen LogP contribution < -0.4 is 15.2 Å². The number of carbonyl (C=O) groups excluding carboxylic acids is 1. The van der Waals surface area contributed by atoms with E-state index in [2.05, 4.69) is 4.74 Å². The van der Waals surface area contributed by atoms with Crippen molar-refractivity contribution in [2.75, 3.05) is 21.3 Å². The van der Waals surface area contributed by atoms with Gasteiger partial charge in [0.25, 0.3) is 0 Å². The van der Waals surface area contributed by atoms with Gasteiger partial charge in [-0.05, 0) is 25.1 Å². The monoisotopic (exact) mass is 299 g/mol. The molecular weight excluding hydrogens is 278 g/mol. The second-order valence-corrected chi connectivity index (χ2v) is 4.13. The molecule has 0 bridgehead atoms. The standard InChI is InChI=1S/C9H10O4.C5H11NO2/c1-12-7-4-3-6(9(10)11)5-8(7)13-2;1-4(6)3-5(7)8-2/h3-5H,1-2H3,(H,10,11);4H,3,6H2,1-2H3. The molecule has 0 saturated carbocycles. The van der Waals surface area contributed by atoms with Crippen LogP contribution in [-0.4, -0.2) is 44.4 Å². The molecular formula is C14H21NO6. The zero-order valence-corrected chi connectivity index (χ0v) is 12.6. The summed E-state index contributed by atoms with van der Waals surface area (Å²) in [6, 6.07) is 4.34. The number of esters is 1. The van der Waals surface area contributed by atoms with E-state index < -0.39 is 5.97 Å². The lowest BCUT2D eigenvalue weighted by atomic mass is 10.2. The summed E-state index contributed by atoms with van der Waals surface area (Å²) in [5.74, 6) is -0.296. The van der Waals surface area contributed by atoms with Gasteiger partial charge in [-0.15, -0.1) is 0 Å². The van der Waals surface area contributed by atoms with Crippen molar-refractivity contribution in [1.29, 1.82) is 0 Å². The van der Waals surface area contributed by atoms with Crippen molar-refractivity contribution < 1.29 is 28.9 Å². The first-order valence-electron chi connectivity index (χ1n) is 6.13. The van der Waals surface area contributed by atoms with Crippen LogP contribution >= 0.6 is 0 Å². The molecule has 0 spiro atoms. The quantitative estimate of drug-likeness (QED) is 0.789. The number of nitrogens with two attached hydrogens (primary N) is 1. The van der Waals surface area contributed by atoms with Gasteiger partial charge < -0.3 is 25.1 Å². The van der Waals surface area contributed by atoms with Crippen molar-refractivity contribution >= 4 is 11.9 Å². The fourth-order valence-corrected chi connectivity index (χ4v) is 1.32. The Kier molecular flexibility index (Phi) is 8.55. The Morgan fingerprint density at radius 3 is 2.10 bits per heavy atom. The molecule has 0 aliphatic heterocycles. The molecule has 0 aliphatic carbocycles. The number of carboxylic acid groups (broad SMARTS) is 1. The van der Waals surface area contributed by atoms with Crippen molar-refractivity contribution in [1.82, 2.24) is 0 Å². The first kappa shape index (κ1) is 18.7. The Labute approximate surface area is 123 Å². The number of hydrogen-bond acceptors (Lipinski definition) is 6. The Balaban J connectivity index is 0.000000433. The molecule has 0 heterocycles. The van der Waals surface area contributed by atoms with Crippen molar-refractivity contribution in [2.24, 2.45) is 5.73 Å². The van der Waals surface area contributed by atoms with Crippen LogP contribution in [0.4, 0.5) is 0 Å². The summed E-state index contributed by atoms with van der Waals surface area (Å²) >= 11 is 0. The fraction of sp³-hybridized carbons (Fsp3) is 0.429. The second kappa shape index (κ2) is 9.60. The van der Waals surface area contributed by atoms with Crippen LogP contribution in [0, 0.1) is 0 Å². The number of ether oxygens (including phenoxy) is 3. The summed E-state index contributed by atoms with van der Waals surface area (Å²) in [5.41, 5.74) is 5.45. The highest BCUT2D eigenvalue weighted by Gasteiger charge is 2.08. The van der Waals surface area contributed by atoms with E-state index in [1.165, 1.54) is 33.5 Å². The summed E-state index contributed by atoms with van der Waals surface area (Å²) < 4.78 is 14.2. The zero-order chi connectivity index (χ0) is 16.4. The molecule has 1 atom stereocenters. The summed E-state index contributed by atoms with van der Waals surface area (Å²) in [6.07, 6.45) is 0.302. The molecule has 7 heteroatoms. The number of carbonyl (C=O) groups is 2. The highest BCUT2D eigenvalue weighted by molar-refractivity contribution is 5.88. The van der Waals surface area contributed by atoms with Crippen LogP contribution in [0.5, 0.6) is 11.5 Å². The van der Waals surface area contributed by atoms with Gasteiger partial charge in [-0.3, -0.25) is 4.79 Å². The van der Waals surface area contributed by atoms with Gasteiger partial charge in [0.2, 0.25) is 0 Å². The van der Waals surface area contributed by atoms with E-state index in [1.807, 2.05) is 0 Å². The van der Waals surface area contributed by atoms with Gasteiger partial charge in [0.1, 0.15) is 0 Å². The molecule has 118 valence electrons. The van der Waals surface area contributed by atoms with Crippen LogP contribution in [0.3, 0.4) is 0 Å². The lowest BCUT2D eigenvalue weighted by Crippen LogP contribution is -2.20. The van der Waals surface area contributed by atoms with Crippen molar-refractivity contribution in [3.63, 3.8) is 0 Å². The third-order valence-electron chi connectivity index (χ3n) is 2.35. The van der Waals surface area contributed by atoms with E-state index in [4.69, 9.17) is 20.3 Å². The summed E-state index contributed by atoms with van der Waals surface area (Å²) in [7, 11) is 4.31. The van der Waals surface area contributed by atoms with Crippen molar-refractivity contribution in [2.45, 2.75) is 19.4 Å². The predicted octanol–water partition coefficient (Wildman–Crippen LogP) is 1.30. The van der Waals surface area contributed by atoms with E-state index in [-0.39, 0.29) is 17.6 Å². The SMILES string of the molecule is COC(=O)CC(C)N.COc1ccc(C(=O)O)cc1OC. The maximum absolute atomic E-state index is 10.6.